The van der Waals surface area contributed by atoms with Gasteiger partial charge in [0.1, 0.15) is 12.1 Å². The normalized spacial score (nSPS) is 20.1. The minimum atomic E-state index is -0.263. The number of aromatic amines is 1. The third-order valence-corrected chi connectivity index (χ3v) is 3.28. The minimum absolute atomic E-state index is 0.263. The average molecular weight is 248 g/mol. The Morgan fingerprint density at radius 2 is 2.50 bits per heavy atom. The zero-order valence-electron chi connectivity index (χ0n) is 10.0. The van der Waals surface area contributed by atoms with Crippen LogP contribution in [0, 0.1) is 5.92 Å². The first-order valence-corrected chi connectivity index (χ1v) is 6.20. The highest BCUT2D eigenvalue weighted by Crippen LogP contribution is 2.11. The number of hydrogen-bond acceptors (Lipinski definition) is 5. The Kier molecular flexibility index (Phi) is 2.97. The van der Waals surface area contributed by atoms with Crippen LogP contribution in [0.1, 0.15) is 12.8 Å². The lowest BCUT2D eigenvalue weighted by molar-refractivity contribution is 0.392. The molecule has 1 unspecified atom stereocenters. The van der Waals surface area contributed by atoms with E-state index < -0.39 is 0 Å². The maximum atomic E-state index is 11.3. The molecule has 1 fully saturated rings. The van der Waals surface area contributed by atoms with Gasteiger partial charge in [0, 0.05) is 12.6 Å². The molecule has 2 aromatic rings. The van der Waals surface area contributed by atoms with Gasteiger partial charge in [-0.15, -0.1) is 0 Å². The Morgan fingerprint density at radius 1 is 1.56 bits per heavy atom. The molecule has 1 aliphatic heterocycles. The molecule has 3 N–H and O–H groups in total. The van der Waals surface area contributed by atoms with Crippen molar-refractivity contribution in [3.05, 3.63) is 22.9 Å². The number of nitrogens with zero attached hydrogens (tertiary/aromatic N) is 3. The van der Waals surface area contributed by atoms with Gasteiger partial charge >= 0.3 is 5.69 Å². The van der Waals surface area contributed by atoms with Crippen molar-refractivity contribution >= 4 is 11.5 Å². The summed E-state index contributed by atoms with van der Waals surface area (Å²) in [6, 6.07) is 1.77. The molecule has 2 aromatic heterocycles. The summed E-state index contributed by atoms with van der Waals surface area (Å²) >= 11 is 0. The Morgan fingerprint density at radius 3 is 3.33 bits per heavy atom. The number of fused-ring (bicyclic) bond motifs is 1. The van der Waals surface area contributed by atoms with Crippen LogP contribution in [0.5, 0.6) is 0 Å². The number of hydrogen-bond donors (Lipinski definition) is 3. The molecule has 1 atom stereocenters. The molecule has 0 saturated carbocycles. The van der Waals surface area contributed by atoms with Crippen LogP contribution < -0.4 is 16.3 Å². The molecule has 7 nitrogen and oxygen atoms in total. The molecule has 0 radical (unpaired) electrons. The third-order valence-electron chi connectivity index (χ3n) is 3.28. The summed E-state index contributed by atoms with van der Waals surface area (Å²) in [5.41, 5.74) is 0.319. The zero-order chi connectivity index (χ0) is 12.4. The van der Waals surface area contributed by atoms with E-state index in [0.29, 0.717) is 11.6 Å². The molecule has 0 aromatic carbocycles. The fourth-order valence-electron chi connectivity index (χ4n) is 2.25. The lowest BCUT2D eigenvalue weighted by atomic mass is 10.00. The highest BCUT2D eigenvalue weighted by Gasteiger charge is 2.12. The lowest BCUT2D eigenvalue weighted by Gasteiger charge is -2.23. The molecule has 0 amide bonds. The SMILES string of the molecule is O=c1[nH]nc2cc(NCC3CCCNC3)ncn12. The number of anilines is 1. The number of aromatic nitrogens is 4. The van der Waals surface area contributed by atoms with E-state index in [2.05, 4.69) is 25.8 Å². The number of piperidine rings is 1. The molecule has 3 rings (SSSR count). The van der Waals surface area contributed by atoms with E-state index in [1.165, 1.54) is 23.6 Å². The number of rotatable bonds is 3. The molecule has 0 spiro atoms. The molecule has 0 bridgehead atoms. The largest absolute Gasteiger partial charge is 0.370 e. The molecule has 0 aliphatic carbocycles. The number of H-pyrrole nitrogens is 1. The molecule has 3 heterocycles. The van der Waals surface area contributed by atoms with Crippen molar-refractivity contribution in [2.24, 2.45) is 5.92 Å². The van der Waals surface area contributed by atoms with Gasteiger partial charge < -0.3 is 10.6 Å². The highest BCUT2D eigenvalue weighted by molar-refractivity contribution is 5.48. The Hall–Kier alpha value is -1.89. The van der Waals surface area contributed by atoms with E-state index in [1.807, 2.05) is 0 Å². The smallest absolute Gasteiger partial charge is 0.348 e. The molecule has 7 heteroatoms. The first kappa shape index (κ1) is 11.2. The molecular formula is C11H16N6O. The van der Waals surface area contributed by atoms with Gasteiger partial charge in [0.05, 0.1) is 0 Å². The van der Waals surface area contributed by atoms with Crippen LogP contribution in [0.25, 0.3) is 5.65 Å². The van der Waals surface area contributed by atoms with Gasteiger partial charge in [0.25, 0.3) is 0 Å². The predicted octanol–water partition coefficient (Wildman–Crippen LogP) is -0.171. The predicted molar refractivity (Wildman–Crippen MR) is 67.7 cm³/mol. The average Bonchev–Trinajstić information content (AvgIpc) is 2.79. The second-order valence-electron chi connectivity index (χ2n) is 4.62. The first-order valence-electron chi connectivity index (χ1n) is 6.20. The Labute approximate surface area is 104 Å². The van der Waals surface area contributed by atoms with Gasteiger partial charge in [-0.25, -0.2) is 19.3 Å². The van der Waals surface area contributed by atoms with Crippen LogP contribution in [-0.2, 0) is 0 Å². The maximum absolute atomic E-state index is 11.3. The van der Waals surface area contributed by atoms with Gasteiger partial charge in [0.15, 0.2) is 5.65 Å². The second kappa shape index (κ2) is 4.77. The third kappa shape index (κ3) is 2.21. The van der Waals surface area contributed by atoms with E-state index in [9.17, 15) is 4.79 Å². The van der Waals surface area contributed by atoms with E-state index in [-0.39, 0.29) is 5.69 Å². The minimum Gasteiger partial charge on any atom is -0.370 e. The standard InChI is InChI=1S/C11H16N6O/c18-11-16-15-10-4-9(14-7-17(10)11)13-6-8-2-1-3-12-5-8/h4,7-8,12-13H,1-3,5-6H2,(H,16,18). The summed E-state index contributed by atoms with van der Waals surface area (Å²) in [6.07, 6.45) is 3.96. The lowest BCUT2D eigenvalue weighted by Crippen LogP contribution is -2.33. The van der Waals surface area contributed by atoms with Crippen molar-refractivity contribution in [1.29, 1.82) is 0 Å². The van der Waals surface area contributed by atoms with Crippen molar-refractivity contribution in [2.45, 2.75) is 12.8 Å². The zero-order valence-corrected chi connectivity index (χ0v) is 10.0. The summed E-state index contributed by atoms with van der Waals surface area (Å²) in [5.74, 6) is 1.39. The quantitative estimate of drug-likeness (QED) is 0.702. The summed E-state index contributed by atoms with van der Waals surface area (Å²) in [5, 5.41) is 13.0. The maximum Gasteiger partial charge on any atom is 0.348 e. The molecule has 1 aliphatic rings. The topological polar surface area (TPSA) is 87.1 Å². The highest BCUT2D eigenvalue weighted by atomic mass is 16.1. The molecular weight excluding hydrogens is 232 g/mol. The van der Waals surface area contributed by atoms with Crippen molar-refractivity contribution in [3.63, 3.8) is 0 Å². The van der Waals surface area contributed by atoms with E-state index in [4.69, 9.17) is 0 Å². The second-order valence-corrected chi connectivity index (χ2v) is 4.62. The van der Waals surface area contributed by atoms with Crippen LogP contribution in [0.2, 0.25) is 0 Å². The van der Waals surface area contributed by atoms with Crippen LogP contribution in [0.3, 0.4) is 0 Å². The summed E-state index contributed by atoms with van der Waals surface area (Å²) in [7, 11) is 0. The fourth-order valence-corrected chi connectivity index (χ4v) is 2.25. The van der Waals surface area contributed by atoms with Crippen LogP contribution in [0.15, 0.2) is 17.2 Å². The van der Waals surface area contributed by atoms with E-state index in [0.717, 1.165) is 25.5 Å². The van der Waals surface area contributed by atoms with Crippen LogP contribution in [-0.4, -0.2) is 39.2 Å². The summed E-state index contributed by atoms with van der Waals surface area (Å²) < 4.78 is 1.38. The van der Waals surface area contributed by atoms with Gasteiger partial charge in [-0.05, 0) is 31.8 Å². The van der Waals surface area contributed by atoms with Crippen molar-refractivity contribution in [2.75, 3.05) is 25.0 Å². The van der Waals surface area contributed by atoms with Gasteiger partial charge in [-0.1, -0.05) is 0 Å². The van der Waals surface area contributed by atoms with E-state index >= 15 is 0 Å². The first-order chi connectivity index (χ1) is 8.83. The molecule has 96 valence electrons. The van der Waals surface area contributed by atoms with Crippen molar-refractivity contribution < 1.29 is 0 Å². The van der Waals surface area contributed by atoms with Gasteiger partial charge in [-0.2, -0.15) is 5.10 Å². The Bertz CT molecular complexity index is 582. The van der Waals surface area contributed by atoms with Crippen LogP contribution >= 0.6 is 0 Å². The van der Waals surface area contributed by atoms with Gasteiger partial charge in [0.2, 0.25) is 0 Å². The van der Waals surface area contributed by atoms with Gasteiger partial charge in [-0.3, -0.25) is 0 Å². The fraction of sp³-hybridized carbons (Fsp3) is 0.545. The summed E-state index contributed by atoms with van der Waals surface area (Å²) in [6.45, 7) is 3.07. The van der Waals surface area contributed by atoms with Crippen molar-refractivity contribution in [1.82, 2.24) is 24.9 Å². The monoisotopic (exact) mass is 248 g/mol. The van der Waals surface area contributed by atoms with Crippen molar-refractivity contribution in [3.8, 4) is 0 Å². The van der Waals surface area contributed by atoms with E-state index in [1.54, 1.807) is 6.07 Å². The van der Waals surface area contributed by atoms with Crippen LogP contribution in [0.4, 0.5) is 5.82 Å². The molecule has 18 heavy (non-hydrogen) atoms. The number of nitrogens with one attached hydrogen (secondary N) is 3. The Balaban J connectivity index is 1.68. The molecule has 1 saturated heterocycles. The summed E-state index contributed by atoms with van der Waals surface area (Å²) in [4.78, 5) is 15.5.